The molecule has 1 aromatic heterocycles. The van der Waals surface area contributed by atoms with Gasteiger partial charge in [0.05, 0.1) is 18.8 Å². The van der Waals surface area contributed by atoms with Gasteiger partial charge in [-0.15, -0.1) is 0 Å². The first kappa shape index (κ1) is 21.4. The van der Waals surface area contributed by atoms with Crippen LogP contribution in [0.1, 0.15) is 27.8 Å². The van der Waals surface area contributed by atoms with Crippen molar-refractivity contribution in [2.75, 3.05) is 43.1 Å². The van der Waals surface area contributed by atoms with Gasteiger partial charge in [-0.3, -0.25) is 4.90 Å². The number of nitrogens with zero attached hydrogens (tertiary/aromatic N) is 4. The molecule has 2 aliphatic heterocycles. The molecule has 168 valence electrons. The van der Waals surface area contributed by atoms with E-state index in [0.717, 1.165) is 50.5 Å². The second kappa shape index (κ2) is 10.0. The van der Waals surface area contributed by atoms with E-state index in [1.165, 1.54) is 16.7 Å². The molecule has 6 heteroatoms. The number of fused-ring (bicyclic) bond motifs is 1. The molecule has 0 amide bonds. The van der Waals surface area contributed by atoms with Gasteiger partial charge in [-0.1, -0.05) is 60.7 Å². The highest BCUT2D eigenvalue weighted by Gasteiger charge is 2.28. The minimum Gasteiger partial charge on any atom is -0.378 e. The number of nitriles is 1. The van der Waals surface area contributed by atoms with Crippen molar-refractivity contribution < 1.29 is 4.74 Å². The van der Waals surface area contributed by atoms with Crippen LogP contribution >= 0.6 is 0 Å². The van der Waals surface area contributed by atoms with E-state index in [0.29, 0.717) is 31.1 Å². The van der Waals surface area contributed by atoms with Crippen LogP contribution in [0.5, 0.6) is 0 Å². The molecule has 0 spiro atoms. The van der Waals surface area contributed by atoms with Crippen LogP contribution in [0, 0.1) is 11.3 Å². The zero-order chi connectivity index (χ0) is 22.5. The second-order valence-corrected chi connectivity index (χ2v) is 8.61. The SMILES string of the molecule is N#Cc1c(NCc2ccccc2)nc(N2CCOCC2)c2c1CCN(Cc1ccccc1)C2. The van der Waals surface area contributed by atoms with Gasteiger partial charge in [0.1, 0.15) is 17.7 Å². The number of anilines is 2. The lowest BCUT2D eigenvalue weighted by Crippen LogP contribution is -2.39. The minimum absolute atomic E-state index is 0.643. The third-order valence-corrected chi connectivity index (χ3v) is 6.42. The lowest BCUT2D eigenvalue weighted by atomic mass is 9.94. The first-order chi connectivity index (χ1) is 16.3. The van der Waals surface area contributed by atoms with E-state index in [2.05, 4.69) is 63.7 Å². The number of hydrogen-bond acceptors (Lipinski definition) is 6. The molecule has 3 heterocycles. The largest absolute Gasteiger partial charge is 0.378 e. The van der Waals surface area contributed by atoms with Gasteiger partial charge in [-0.2, -0.15) is 5.26 Å². The average Bonchev–Trinajstić information content (AvgIpc) is 2.88. The van der Waals surface area contributed by atoms with Crippen molar-refractivity contribution in [3.05, 3.63) is 88.5 Å². The highest BCUT2D eigenvalue weighted by molar-refractivity contribution is 5.67. The van der Waals surface area contributed by atoms with Crippen LogP contribution in [0.4, 0.5) is 11.6 Å². The fourth-order valence-electron chi connectivity index (χ4n) is 4.72. The maximum absolute atomic E-state index is 10.1. The molecule has 3 aromatic rings. The minimum atomic E-state index is 0.643. The van der Waals surface area contributed by atoms with Crippen molar-refractivity contribution in [1.29, 1.82) is 5.26 Å². The molecule has 5 rings (SSSR count). The first-order valence-corrected chi connectivity index (χ1v) is 11.6. The van der Waals surface area contributed by atoms with E-state index >= 15 is 0 Å². The molecule has 0 unspecified atom stereocenters. The Labute approximate surface area is 195 Å². The van der Waals surface area contributed by atoms with Crippen molar-refractivity contribution in [1.82, 2.24) is 9.88 Å². The van der Waals surface area contributed by atoms with Crippen molar-refractivity contribution in [3.8, 4) is 6.07 Å². The summed E-state index contributed by atoms with van der Waals surface area (Å²) in [6, 6.07) is 23.3. The zero-order valence-electron chi connectivity index (χ0n) is 18.8. The van der Waals surface area contributed by atoms with E-state index in [4.69, 9.17) is 9.72 Å². The van der Waals surface area contributed by atoms with Gasteiger partial charge in [0, 0.05) is 44.8 Å². The van der Waals surface area contributed by atoms with Crippen LogP contribution in [-0.4, -0.2) is 42.7 Å². The topological polar surface area (TPSA) is 64.4 Å². The molecule has 1 saturated heterocycles. The molecule has 33 heavy (non-hydrogen) atoms. The normalized spacial score (nSPS) is 16.2. The number of pyridine rings is 1. The van der Waals surface area contributed by atoms with Crippen LogP contribution in [-0.2, 0) is 30.8 Å². The molecule has 2 aromatic carbocycles. The van der Waals surface area contributed by atoms with E-state index < -0.39 is 0 Å². The fraction of sp³-hybridized carbons (Fsp3) is 0.333. The molecular formula is C27H29N5O. The number of morpholine rings is 1. The Morgan fingerprint density at radius 3 is 2.30 bits per heavy atom. The van der Waals surface area contributed by atoms with Crippen molar-refractivity contribution in [2.45, 2.75) is 26.1 Å². The van der Waals surface area contributed by atoms with Crippen LogP contribution in [0.2, 0.25) is 0 Å². The molecule has 0 radical (unpaired) electrons. The van der Waals surface area contributed by atoms with E-state index in [1.54, 1.807) is 0 Å². The number of ether oxygens (including phenoxy) is 1. The van der Waals surface area contributed by atoms with Gasteiger partial charge >= 0.3 is 0 Å². The Balaban J connectivity index is 1.48. The monoisotopic (exact) mass is 439 g/mol. The standard InChI is InChI=1S/C27H29N5O/c28-17-24-23-11-12-31(19-22-9-5-2-6-10-22)20-25(23)27(32-13-15-33-16-14-32)30-26(24)29-18-21-7-3-1-4-8-21/h1-10H,11-16,18-20H2,(H,29,30). The summed E-state index contributed by atoms with van der Waals surface area (Å²) in [5, 5.41) is 13.6. The summed E-state index contributed by atoms with van der Waals surface area (Å²) in [6.07, 6.45) is 0.852. The van der Waals surface area contributed by atoms with Crippen molar-refractivity contribution >= 4 is 11.6 Å². The Bertz CT molecular complexity index is 1120. The van der Waals surface area contributed by atoms with Gasteiger partial charge in [-0.25, -0.2) is 4.98 Å². The molecular weight excluding hydrogens is 410 g/mol. The number of aromatic nitrogens is 1. The van der Waals surface area contributed by atoms with Crippen molar-refractivity contribution in [3.63, 3.8) is 0 Å². The van der Waals surface area contributed by atoms with Crippen LogP contribution in [0.15, 0.2) is 60.7 Å². The quantitative estimate of drug-likeness (QED) is 0.627. The fourth-order valence-corrected chi connectivity index (χ4v) is 4.72. The van der Waals surface area contributed by atoms with E-state index in [1.807, 2.05) is 18.2 Å². The third-order valence-electron chi connectivity index (χ3n) is 6.42. The van der Waals surface area contributed by atoms with Crippen molar-refractivity contribution in [2.24, 2.45) is 0 Å². The lowest BCUT2D eigenvalue weighted by Gasteiger charge is -2.35. The number of rotatable bonds is 6. The Morgan fingerprint density at radius 1 is 0.909 bits per heavy atom. The number of benzene rings is 2. The Kier molecular flexibility index (Phi) is 6.52. The lowest BCUT2D eigenvalue weighted by molar-refractivity contribution is 0.122. The highest BCUT2D eigenvalue weighted by Crippen LogP contribution is 2.34. The molecule has 1 N–H and O–H groups in total. The number of hydrogen-bond donors (Lipinski definition) is 1. The van der Waals surface area contributed by atoms with Gasteiger partial charge in [0.25, 0.3) is 0 Å². The van der Waals surface area contributed by atoms with Crippen LogP contribution < -0.4 is 10.2 Å². The second-order valence-electron chi connectivity index (χ2n) is 8.61. The summed E-state index contributed by atoms with van der Waals surface area (Å²) in [5.41, 5.74) is 5.51. The molecule has 2 aliphatic rings. The first-order valence-electron chi connectivity index (χ1n) is 11.6. The molecule has 0 saturated carbocycles. The summed E-state index contributed by atoms with van der Waals surface area (Å²) in [5.74, 6) is 1.69. The maximum atomic E-state index is 10.1. The molecule has 0 aliphatic carbocycles. The van der Waals surface area contributed by atoms with Gasteiger partial charge < -0.3 is 15.0 Å². The van der Waals surface area contributed by atoms with E-state index in [9.17, 15) is 5.26 Å². The van der Waals surface area contributed by atoms with E-state index in [-0.39, 0.29) is 0 Å². The molecule has 0 bridgehead atoms. The van der Waals surface area contributed by atoms with Gasteiger partial charge in [-0.05, 0) is 23.1 Å². The average molecular weight is 440 g/mol. The van der Waals surface area contributed by atoms with Crippen LogP contribution in [0.3, 0.4) is 0 Å². The Hall–Kier alpha value is -3.40. The predicted molar refractivity (Wildman–Crippen MR) is 130 cm³/mol. The van der Waals surface area contributed by atoms with Gasteiger partial charge in [0.2, 0.25) is 0 Å². The highest BCUT2D eigenvalue weighted by atomic mass is 16.5. The Morgan fingerprint density at radius 2 is 1.61 bits per heavy atom. The molecule has 1 fully saturated rings. The van der Waals surface area contributed by atoms with Crippen LogP contribution in [0.25, 0.3) is 0 Å². The van der Waals surface area contributed by atoms with Gasteiger partial charge in [0.15, 0.2) is 0 Å². The third kappa shape index (κ3) is 4.85. The maximum Gasteiger partial charge on any atom is 0.146 e. The summed E-state index contributed by atoms with van der Waals surface area (Å²) >= 11 is 0. The zero-order valence-corrected chi connectivity index (χ0v) is 18.8. The molecule has 6 nitrogen and oxygen atoms in total. The predicted octanol–water partition coefficient (Wildman–Crippen LogP) is 3.96. The molecule has 0 atom stereocenters. The summed E-state index contributed by atoms with van der Waals surface area (Å²) in [4.78, 5) is 9.83. The number of nitrogens with one attached hydrogen (secondary N) is 1. The summed E-state index contributed by atoms with van der Waals surface area (Å²) in [7, 11) is 0. The summed E-state index contributed by atoms with van der Waals surface area (Å²) in [6.45, 7) is 6.33. The smallest absolute Gasteiger partial charge is 0.146 e. The summed E-state index contributed by atoms with van der Waals surface area (Å²) < 4.78 is 5.60.